The van der Waals surface area contributed by atoms with Crippen LogP contribution in [0.25, 0.3) is 0 Å². The molecule has 2 N–H and O–H groups in total. The summed E-state index contributed by atoms with van der Waals surface area (Å²) in [6.45, 7) is 4.18. The van der Waals surface area contributed by atoms with Crippen LogP contribution >= 0.6 is 0 Å². The van der Waals surface area contributed by atoms with E-state index in [2.05, 4.69) is 9.80 Å². The Hall–Kier alpha value is -2.74. The Labute approximate surface area is 189 Å². The van der Waals surface area contributed by atoms with Crippen molar-refractivity contribution >= 4 is 11.8 Å². The molecule has 0 radical (unpaired) electrons. The number of benzene rings is 2. The van der Waals surface area contributed by atoms with Crippen molar-refractivity contribution in [2.24, 2.45) is 5.73 Å². The molecule has 170 valence electrons. The van der Waals surface area contributed by atoms with E-state index in [-0.39, 0.29) is 18.0 Å². The van der Waals surface area contributed by atoms with Crippen molar-refractivity contribution in [2.45, 2.75) is 31.1 Å². The lowest BCUT2D eigenvalue weighted by Crippen LogP contribution is -2.45. The number of rotatable bonds is 6. The fourth-order valence-electron chi connectivity index (χ4n) is 4.82. The van der Waals surface area contributed by atoms with E-state index in [4.69, 9.17) is 10.5 Å². The van der Waals surface area contributed by atoms with Crippen molar-refractivity contribution < 1.29 is 14.3 Å². The van der Waals surface area contributed by atoms with Crippen molar-refractivity contribution in [2.75, 3.05) is 40.4 Å². The summed E-state index contributed by atoms with van der Waals surface area (Å²) in [6.07, 6.45) is 0.517. The van der Waals surface area contributed by atoms with Gasteiger partial charge in [-0.1, -0.05) is 42.5 Å². The summed E-state index contributed by atoms with van der Waals surface area (Å²) in [5, 5.41) is 0. The van der Waals surface area contributed by atoms with Crippen molar-refractivity contribution in [3.8, 4) is 0 Å². The van der Waals surface area contributed by atoms with Gasteiger partial charge in [0.1, 0.15) is 6.04 Å². The Kier molecular flexibility index (Phi) is 6.89. The molecule has 2 aliphatic rings. The molecule has 0 saturated carbocycles. The standard InChI is InChI=1S/C25H32N4O3/c1-27(2)21-16-22(24(26)30)29(23(21)19-6-4-3-5-7-19)25(31)20-10-8-18(9-11-20)17-28-12-14-32-15-13-28/h3-11,21-23H,12-17H2,1-2H3,(H2,26,30)/t21-,22+,23+/m1/s1. The molecule has 0 unspecified atom stereocenters. The molecule has 0 spiro atoms. The van der Waals surface area contributed by atoms with Crippen molar-refractivity contribution in [1.82, 2.24) is 14.7 Å². The summed E-state index contributed by atoms with van der Waals surface area (Å²) < 4.78 is 5.41. The van der Waals surface area contributed by atoms with Gasteiger partial charge in [0.2, 0.25) is 5.91 Å². The zero-order valence-electron chi connectivity index (χ0n) is 18.8. The number of hydrogen-bond donors (Lipinski definition) is 1. The minimum Gasteiger partial charge on any atom is -0.379 e. The summed E-state index contributed by atoms with van der Waals surface area (Å²) in [7, 11) is 3.96. The van der Waals surface area contributed by atoms with E-state index in [1.807, 2.05) is 68.7 Å². The van der Waals surface area contributed by atoms with Crippen LogP contribution in [-0.2, 0) is 16.1 Å². The van der Waals surface area contributed by atoms with Crippen LogP contribution < -0.4 is 5.73 Å². The maximum absolute atomic E-state index is 13.7. The van der Waals surface area contributed by atoms with Gasteiger partial charge in [-0.2, -0.15) is 0 Å². The number of nitrogens with two attached hydrogens (primary N) is 1. The second-order valence-electron chi connectivity index (χ2n) is 8.84. The second-order valence-corrected chi connectivity index (χ2v) is 8.84. The van der Waals surface area contributed by atoms with Gasteiger partial charge in [0.05, 0.1) is 19.3 Å². The van der Waals surface area contributed by atoms with E-state index in [9.17, 15) is 9.59 Å². The highest BCUT2D eigenvalue weighted by Crippen LogP contribution is 2.39. The topological polar surface area (TPSA) is 79.1 Å². The minimum absolute atomic E-state index is 0.000515. The van der Waals surface area contributed by atoms with E-state index in [1.165, 1.54) is 0 Å². The van der Waals surface area contributed by atoms with Gasteiger partial charge in [0.25, 0.3) is 5.91 Å². The number of nitrogens with zero attached hydrogens (tertiary/aromatic N) is 3. The molecule has 0 bridgehead atoms. The lowest BCUT2D eigenvalue weighted by Gasteiger charge is -2.33. The quantitative estimate of drug-likeness (QED) is 0.748. The maximum Gasteiger partial charge on any atom is 0.255 e. The van der Waals surface area contributed by atoms with Gasteiger partial charge in [-0.25, -0.2) is 0 Å². The Morgan fingerprint density at radius 1 is 1.03 bits per heavy atom. The molecule has 7 nitrogen and oxygen atoms in total. The van der Waals surface area contributed by atoms with E-state index in [1.54, 1.807) is 4.90 Å². The van der Waals surface area contributed by atoms with Gasteiger partial charge in [0.15, 0.2) is 0 Å². The highest BCUT2D eigenvalue weighted by atomic mass is 16.5. The van der Waals surface area contributed by atoms with Crippen LogP contribution in [0, 0.1) is 0 Å². The van der Waals surface area contributed by atoms with Crippen molar-refractivity contribution in [3.63, 3.8) is 0 Å². The molecule has 0 aliphatic carbocycles. The van der Waals surface area contributed by atoms with E-state index in [0.29, 0.717) is 12.0 Å². The normalized spacial score (nSPS) is 24.1. The van der Waals surface area contributed by atoms with Crippen molar-refractivity contribution in [1.29, 1.82) is 0 Å². The third-order valence-electron chi connectivity index (χ3n) is 6.54. The molecule has 2 aromatic carbocycles. The molecule has 2 aliphatic heterocycles. The number of amides is 2. The molecule has 2 amide bonds. The lowest BCUT2D eigenvalue weighted by molar-refractivity contribution is -0.122. The molecule has 2 saturated heterocycles. The average molecular weight is 437 g/mol. The first-order valence-corrected chi connectivity index (χ1v) is 11.2. The molecule has 2 aromatic rings. The molecule has 0 aromatic heterocycles. The number of hydrogen-bond acceptors (Lipinski definition) is 5. The number of likely N-dealkylation sites (tertiary alicyclic amines) is 1. The monoisotopic (exact) mass is 436 g/mol. The summed E-state index contributed by atoms with van der Waals surface area (Å²) in [4.78, 5) is 32.2. The van der Waals surface area contributed by atoms with Crippen LogP contribution in [0.2, 0.25) is 0 Å². The predicted octanol–water partition coefficient (Wildman–Crippen LogP) is 1.89. The molecule has 2 fully saturated rings. The maximum atomic E-state index is 13.7. The molecular weight excluding hydrogens is 404 g/mol. The number of likely N-dealkylation sites (N-methyl/N-ethyl adjacent to an activating group) is 1. The molecule has 32 heavy (non-hydrogen) atoms. The van der Waals surface area contributed by atoms with Crippen LogP contribution in [0.4, 0.5) is 0 Å². The smallest absolute Gasteiger partial charge is 0.255 e. The van der Waals surface area contributed by atoms with Crippen molar-refractivity contribution in [3.05, 3.63) is 71.3 Å². The van der Waals surface area contributed by atoms with Gasteiger partial charge in [-0.15, -0.1) is 0 Å². The fraction of sp³-hybridized carbons (Fsp3) is 0.440. The Morgan fingerprint density at radius 3 is 2.28 bits per heavy atom. The number of ether oxygens (including phenoxy) is 1. The predicted molar refractivity (Wildman–Crippen MR) is 123 cm³/mol. The summed E-state index contributed by atoms with van der Waals surface area (Å²) in [6, 6.07) is 16.7. The Morgan fingerprint density at radius 2 is 1.69 bits per heavy atom. The molecule has 2 heterocycles. The van der Waals surface area contributed by atoms with E-state index >= 15 is 0 Å². The molecule has 4 rings (SSSR count). The van der Waals surface area contributed by atoms with Gasteiger partial charge in [-0.05, 0) is 43.8 Å². The summed E-state index contributed by atoms with van der Waals surface area (Å²) >= 11 is 0. The fourth-order valence-corrected chi connectivity index (χ4v) is 4.82. The largest absolute Gasteiger partial charge is 0.379 e. The SMILES string of the molecule is CN(C)[C@@H]1C[C@@H](C(N)=O)N(C(=O)c2ccc(CN3CCOCC3)cc2)[C@H]1c1ccccc1. The first-order chi connectivity index (χ1) is 15.5. The minimum atomic E-state index is -0.645. The number of morpholine rings is 1. The molecular formula is C25H32N4O3. The van der Waals surface area contributed by atoms with Gasteiger partial charge < -0.3 is 20.3 Å². The van der Waals surface area contributed by atoms with Crippen LogP contribution in [0.1, 0.15) is 33.9 Å². The van der Waals surface area contributed by atoms with Crippen LogP contribution in [0.5, 0.6) is 0 Å². The highest BCUT2D eigenvalue weighted by Gasteiger charge is 2.47. The Balaban J connectivity index is 1.60. The van der Waals surface area contributed by atoms with E-state index in [0.717, 1.165) is 44.0 Å². The zero-order chi connectivity index (χ0) is 22.7. The van der Waals surface area contributed by atoms with Crippen LogP contribution in [0.3, 0.4) is 0 Å². The average Bonchev–Trinajstić information content (AvgIpc) is 3.22. The second kappa shape index (κ2) is 9.81. The first-order valence-electron chi connectivity index (χ1n) is 11.2. The van der Waals surface area contributed by atoms with Gasteiger partial charge >= 0.3 is 0 Å². The molecule has 7 heteroatoms. The number of carbonyl (C=O) groups is 2. The van der Waals surface area contributed by atoms with Gasteiger partial charge in [-0.3, -0.25) is 14.5 Å². The number of primary amides is 1. The van der Waals surface area contributed by atoms with Gasteiger partial charge in [0, 0.05) is 31.2 Å². The highest BCUT2D eigenvalue weighted by molar-refractivity contribution is 5.98. The third-order valence-corrected chi connectivity index (χ3v) is 6.54. The first kappa shape index (κ1) is 22.5. The third kappa shape index (κ3) is 4.70. The summed E-state index contributed by atoms with van der Waals surface area (Å²) in [5.41, 5.74) is 8.50. The zero-order valence-corrected chi connectivity index (χ0v) is 18.8. The Bertz CT molecular complexity index is 926. The summed E-state index contributed by atoms with van der Waals surface area (Å²) in [5.74, 6) is -0.627. The van der Waals surface area contributed by atoms with Crippen LogP contribution in [0.15, 0.2) is 54.6 Å². The van der Waals surface area contributed by atoms with E-state index < -0.39 is 11.9 Å². The number of carbonyl (C=O) groups excluding carboxylic acids is 2. The molecule has 3 atom stereocenters. The lowest BCUT2D eigenvalue weighted by atomic mass is 9.98. The van der Waals surface area contributed by atoms with Crippen LogP contribution in [-0.4, -0.2) is 79.0 Å².